The van der Waals surface area contributed by atoms with Gasteiger partial charge in [0, 0.05) is 11.9 Å². The molecule has 0 amide bonds. The van der Waals surface area contributed by atoms with E-state index in [0.29, 0.717) is 4.31 Å². The highest BCUT2D eigenvalue weighted by atomic mass is 32.2. The largest absolute Gasteiger partial charge is 0.409 e. The van der Waals surface area contributed by atoms with Crippen LogP contribution in [0.1, 0.15) is 23.4 Å². The molecule has 0 radical (unpaired) electrons. The molecule has 2 aromatic rings. The molecular weight excluding hydrogens is 380 g/mol. The van der Waals surface area contributed by atoms with Crippen molar-refractivity contribution in [2.24, 2.45) is 0 Å². The van der Waals surface area contributed by atoms with Crippen molar-refractivity contribution in [1.82, 2.24) is 4.31 Å². The predicted octanol–water partition coefficient (Wildman–Crippen LogP) is 4.07. The summed E-state index contributed by atoms with van der Waals surface area (Å²) in [5.74, 6) is -0.730. The molecule has 0 bridgehead atoms. The molecule has 0 saturated carbocycles. The Balaban J connectivity index is 2.57. The molecule has 0 fully saturated rings. The molecule has 0 aliphatic carbocycles. The van der Waals surface area contributed by atoms with Crippen molar-refractivity contribution in [3.8, 4) is 6.07 Å². The van der Waals surface area contributed by atoms with Crippen LogP contribution in [-0.4, -0.2) is 25.4 Å². The second-order valence-electron chi connectivity index (χ2n) is 4.96. The third kappa shape index (κ3) is 4.00. The molecular formula is C15H12F4N2O2S2. The number of hydrogen-bond acceptors (Lipinski definition) is 4. The highest BCUT2D eigenvalue weighted by Gasteiger charge is 2.48. The first kappa shape index (κ1) is 19.4. The van der Waals surface area contributed by atoms with E-state index in [1.807, 2.05) is 0 Å². The van der Waals surface area contributed by atoms with Crippen LogP contribution < -0.4 is 0 Å². The van der Waals surface area contributed by atoms with E-state index in [1.54, 1.807) is 6.07 Å². The summed E-state index contributed by atoms with van der Waals surface area (Å²) in [4.78, 5) is -0.313. The Labute approximate surface area is 146 Å². The van der Waals surface area contributed by atoms with Crippen LogP contribution in [0.5, 0.6) is 0 Å². The monoisotopic (exact) mass is 392 g/mol. The molecule has 4 nitrogen and oxygen atoms in total. The van der Waals surface area contributed by atoms with Crippen molar-refractivity contribution in [3.05, 3.63) is 52.0 Å². The molecule has 0 saturated heterocycles. The number of sulfonamides is 1. The van der Waals surface area contributed by atoms with Gasteiger partial charge in [0.05, 0.1) is 4.90 Å². The van der Waals surface area contributed by atoms with Crippen LogP contribution in [0.15, 0.2) is 40.6 Å². The minimum atomic E-state index is -4.91. The standard InChI is InChI=1S/C15H12F4N2O2S2/c1-2-21(25(22,23)13-7-12(8-20)24-9-13)14(15(17,18)19)10-3-5-11(16)6-4-10/h3-7,9,14H,2H2,1H3/t14-/m1/s1. The van der Waals surface area contributed by atoms with Crippen molar-refractivity contribution in [2.75, 3.05) is 6.54 Å². The van der Waals surface area contributed by atoms with Crippen molar-refractivity contribution in [2.45, 2.75) is 24.0 Å². The zero-order valence-electron chi connectivity index (χ0n) is 12.8. The Bertz CT molecular complexity index is 883. The SMILES string of the molecule is CCN([C@H](c1ccc(F)cc1)C(F)(F)F)S(=O)(=O)c1csc(C#N)c1. The number of alkyl halides is 3. The maximum absolute atomic E-state index is 13.6. The van der Waals surface area contributed by atoms with Crippen molar-refractivity contribution < 1.29 is 26.0 Å². The summed E-state index contributed by atoms with van der Waals surface area (Å²) in [5, 5.41) is 9.91. The summed E-state index contributed by atoms with van der Waals surface area (Å²) in [5.41, 5.74) is -0.393. The number of thiophene rings is 1. The van der Waals surface area contributed by atoms with Gasteiger partial charge in [0.2, 0.25) is 10.0 Å². The molecule has 1 heterocycles. The number of rotatable bonds is 5. The maximum Gasteiger partial charge on any atom is 0.409 e. The Kier molecular flexibility index (Phi) is 5.51. The summed E-state index contributed by atoms with van der Waals surface area (Å²) < 4.78 is 79.5. The molecule has 1 aromatic carbocycles. The first-order valence-corrected chi connectivity index (χ1v) is 9.26. The van der Waals surface area contributed by atoms with Gasteiger partial charge in [-0.3, -0.25) is 0 Å². The Morgan fingerprint density at radius 2 is 1.88 bits per heavy atom. The van der Waals surface area contributed by atoms with Crippen LogP contribution in [0.4, 0.5) is 17.6 Å². The van der Waals surface area contributed by atoms with E-state index in [4.69, 9.17) is 5.26 Å². The topological polar surface area (TPSA) is 61.2 Å². The minimum Gasteiger partial charge on any atom is -0.207 e. The molecule has 134 valence electrons. The van der Waals surface area contributed by atoms with Gasteiger partial charge in [-0.2, -0.15) is 22.7 Å². The van der Waals surface area contributed by atoms with Gasteiger partial charge >= 0.3 is 6.18 Å². The lowest BCUT2D eigenvalue weighted by Gasteiger charge is -2.31. The van der Waals surface area contributed by atoms with E-state index in [9.17, 15) is 26.0 Å². The van der Waals surface area contributed by atoms with E-state index in [1.165, 1.54) is 6.92 Å². The van der Waals surface area contributed by atoms with Gasteiger partial charge in [0.25, 0.3) is 0 Å². The summed E-state index contributed by atoms with van der Waals surface area (Å²) in [6, 6.07) is 3.80. The van der Waals surface area contributed by atoms with E-state index in [2.05, 4.69) is 0 Å². The Hall–Kier alpha value is -1.96. The minimum absolute atomic E-state index is 0.0694. The van der Waals surface area contributed by atoms with Gasteiger partial charge in [-0.15, -0.1) is 11.3 Å². The number of hydrogen-bond donors (Lipinski definition) is 0. The fourth-order valence-electron chi connectivity index (χ4n) is 2.30. The average Bonchev–Trinajstić information content (AvgIpc) is 3.02. The molecule has 0 aliphatic heterocycles. The predicted molar refractivity (Wildman–Crippen MR) is 83.8 cm³/mol. The Morgan fingerprint density at radius 1 is 1.28 bits per heavy atom. The summed E-state index contributed by atoms with van der Waals surface area (Å²) in [7, 11) is -4.50. The molecule has 0 aliphatic rings. The zero-order chi connectivity index (χ0) is 18.8. The highest BCUT2D eigenvalue weighted by Crippen LogP contribution is 2.40. The van der Waals surface area contributed by atoms with E-state index in [0.717, 1.165) is 47.0 Å². The molecule has 0 spiro atoms. The van der Waals surface area contributed by atoms with E-state index < -0.39 is 40.2 Å². The number of nitriles is 1. The number of nitrogens with zero attached hydrogens (tertiary/aromatic N) is 2. The third-order valence-electron chi connectivity index (χ3n) is 3.39. The van der Waals surface area contributed by atoms with Gasteiger partial charge in [0.15, 0.2) is 0 Å². The molecule has 10 heteroatoms. The number of halogens is 4. The van der Waals surface area contributed by atoms with Crippen LogP contribution in [0.25, 0.3) is 0 Å². The third-order valence-corrected chi connectivity index (χ3v) is 6.29. The maximum atomic E-state index is 13.6. The van der Waals surface area contributed by atoms with Crippen molar-refractivity contribution in [3.63, 3.8) is 0 Å². The quantitative estimate of drug-likeness (QED) is 0.721. The van der Waals surface area contributed by atoms with Crippen LogP contribution in [0.2, 0.25) is 0 Å². The normalized spacial score (nSPS) is 13.6. The van der Waals surface area contributed by atoms with Crippen molar-refractivity contribution in [1.29, 1.82) is 5.26 Å². The van der Waals surface area contributed by atoms with Gasteiger partial charge in [-0.1, -0.05) is 19.1 Å². The second kappa shape index (κ2) is 7.11. The fourth-order valence-corrected chi connectivity index (χ4v) is 4.96. The lowest BCUT2D eigenvalue weighted by Crippen LogP contribution is -2.42. The van der Waals surface area contributed by atoms with Crippen LogP contribution in [-0.2, 0) is 10.0 Å². The molecule has 0 unspecified atom stereocenters. The lowest BCUT2D eigenvalue weighted by molar-refractivity contribution is -0.173. The average molecular weight is 392 g/mol. The fraction of sp³-hybridized carbons (Fsp3) is 0.267. The molecule has 2 rings (SSSR count). The lowest BCUT2D eigenvalue weighted by atomic mass is 10.1. The number of benzene rings is 1. The van der Waals surface area contributed by atoms with Gasteiger partial charge in [0.1, 0.15) is 22.8 Å². The first-order valence-electron chi connectivity index (χ1n) is 6.94. The van der Waals surface area contributed by atoms with E-state index >= 15 is 0 Å². The summed E-state index contributed by atoms with van der Waals surface area (Å²) in [6.45, 7) is 0.818. The van der Waals surface area contributed by atoms with Gasteiger partial charge in [-0.05, 0) is 23.8 Å². The second-order valence-corrected chi connectivity index (χ2v) is 7.76. The smallest absolute Gasteiger partial charge is 0.207 e. The zero-order valence-corrected chi connectivity index (χ0v) is 14.4. The van der Waals surface area contributed by atoms with Crippen molar-refractivity contribution >= 4 is 21.4 Å². The summed E-state index contributed by atoms with van der Waals surface area (Å²) >= 11 is 0.824. The molecule has 25 heavy (non-hydrogen) atoms. The molecule has 1 atom stereocenters. The van der Waals surface area contributed by atoms with Crippen LogP contribution in [0.3, 0.4) is 0 Å². The highest BCUT2D eigenvalue weighted by molar-refractivity contribution is 7.89. The van der Waals surface area contributed by atoms with Crippen LogP contribution >= 0.6 is 11.3 Å². The molecule has 0 N–H and O–H groups in total. The van der Waals surface area contributed by atoms with Crippen LogP contribution in [0, 0.1) is 17.1 Å². The Morgan fingerprint density at radius 3 is 2.32 bits per heavy atom. The van der Waals surface area contributed by atoms with Gasteiger partial charge < -0.3 is 0 Å². The summed E-state index contributed by atoms with van der Waals surface area (Å²) in [6.07, 6.45) is -4.91. The van der Waals surface area contributed by atoms with Gasteiger partial charge in [-0.25, -0.2) is 12.8 Å². The van der Waals surface area contributed by atoms with E-state index in [-0.39, 0.29) is 9.77 Å². The first-order chi connectivity index (χ1) is 11.6. The molecule has 1 aromatic heterocycles.